The van der Waals surface area contributed by atoms with E-state index in [4.69, 9.17) is 0 Å². The molecule has 0 fully saturated rings. The van der Waals surface area contributed by atoms with Crippen molar-refractivity contribution in [2.24, 2.45) is 0 Å². The van der Waals surface area contributed by atoms with Gasteiger partial charge in [-0.15, -0.1) is 0 Å². The molecule has 0 unspecified atom stereocenters. The first-order valence-electron chi connectivity index (χ1n) is 4.00. The number of carbonyl (C=O) groups excluding carboxylic acids is 1. The zero-order chi connectivity index (χ0) is 7.82. The molecule has 0 atom stereocenters. The topological polar surface area (TPSA) is 17.1 Å². The van der Waals surface area contributed by atoms with Crippen LogP contribution in [0.15, 0.2) is 12.2 Å². The fourth-order valence-electron chi connectivity index (χ4n) is 0.655. The van der Waals surface area contributed by atoms with Gasteiger partial charge in [-0.05, 0) is 12.5 Å². The van der Waals surface area contributed by atoms with E-state index in [9.17, 15) is 4.79 Å². The third kappa shape index (κ3) is 5.54. The monoisotopic (exact) mass is 140 g/mol. The first-order valence-corrected chi connectivity index (χ1v) is 4.00. The van der Waals surface area contributed by atoms with Gasteiger partial charge in [0.1, 0.15) is 0 Å². The summed E-state index contributed by atoms with van der Waals surface area (Å²) in [6.45, 7) is 4.03. The lowest BCUT2D eigenvalue weighted by Crippen LogP contribution is -1.86. The van der Waals surface area contributed by atoms with Gasteiger partial charge < -0.3 is 0 Å². The van der Waals surface area contributed by atoms with Gasteiger partial charge in [0.2, 0.25) is 0 Å². The molecule has 0 aromatic carbocycles. The third-order valence-electron chi connectivity index (χ3n) is 1.38. The SMILES string of the molecule is CCCC/C=C/C(=O)CC. The van der Waals surface area contributed by atoms with Crippen LogP contribution in [-0.4, -0.2) is 5.78 Å². The summed E-state index contributed by atoms with van der Waals surface area (Å²) in [6, 6.07) is 0. The lowest BCUT2D eigenvalue weighted by Gasteiger charge is -1.87. The van der Waals surface area contributed by atoms with Gasteiger partial charge >= 0.3 is 0 Å². The van der Waals surface area contributed by atoms with Crippen molar-refractivity contribution in [2.75, 3.05) is 0 Å². The van der Waals surface area contributed by atoms with Crippen molar-refractivity contribution in [2.45, 2.75) is 39.5 Å². The Hall–Kier alpha value is -0.590. The summed E-state index contributed by atoms with van der Waals surface area (Å²) < 4.78 is 0. The molecular formula is C9H16O. The van der Waals surface area contributed by atoms with E-state index >= 15 is 0 Å². The lowest BCUT2D eigenvalue weighted by molar-refractivity contribution is -0.114. The van der Waals surface area contributed by atoms with Crippen molar-refractivity contribution in [3.05, 3.63) is 12.2 Å². The van der Waals surface area contributed by atoms with Crippen LogP contribution in [0, 0.1) is 0 Å². The standard InChI is InChI=1S/C9H16O/c1-3-5-6-7-8-9(10)4-2/h7-8H,3-6H2,1-2H3/b8-7+. The van der Waals surface area contributed by atoms with Gasteiger partial charge in [-0.2, -0.15) is 0 Å². The zero-order valence-corrected chi connectivity index (χ0v) is 6.89. The molecule has 0 radical (unpaired) electrons. The maximum absolute atomic E-state index is 10.7. The Morgan fingerprint density at radius 1 is 1.40 bits per heavy atom. The van der Waals surface area contributed by atoms with Crippen molar-refractivity contribution in [3.63, 3.8) is 0 Å². The summed E-state index contributed by atoms with van der Waals surface area (Å²) in [5.74, 6) is 0.233. The van der Waals surface area contributed by atoms with Crippen LogP contribution in [0.25, 0.3) is 0 Å². The van der Waals surface area contributed by atoms with Crippen molar-refractivity contribution in [1.82, 2.24) is 0 Å². The maximum atomic E-state index is 10.7. The van der Waals surface area contributed by atoms with E-state index in [0.717, 1.165) is 6.42 Å². The minimum atomic E-state index is 0.233. The van der Waals surface area contributed by atoms with Crippen molar-refractivity contribution >= 4 is 5.78 Å². The number of ketones is 1. The molecule has 0 aliphatic heterocycles. The highest BCUT2D eigenvalue weighted by atomic mass is 16.1. The van der Waals surface area contributed by atoms with Crippen LogP contribution in [0.1, 0.15) is 39.5 Å². The van der Waals surface area contributed by atoms with E-state index in [1.54, 1.807) is 6.08 Å². The molecular weight excluding hydrogens is 124 g/mol. The van der Waals surface area contributed by atoms with Gasteiger partial charge in [0, 0.05) is 6.42 Å². The molecule has 0 spiro atoms. The molecule has 0 N–H and O–H groups in total. The van der Waals surface area contributed by atoms with Crippen LogP contribution in [0.5, 0.6) is 0 Å². The fraction of sp³-hybridized carbons (Fsp3) is 0.667. The van der Waals surface area contributed by atoms with Crippen molar-refractivity contribution in [3.8, 4) is 0 Å². The molecule has 0 saturated carbocycles. The Morgan fingerprint density at radius 2 is 2.10 bits per heavy atom. The molecule has 0 rings (SSSR count). The summed E-state index contributed by atoms with van der Waals surface area (Å²) in [5, 5.41) is 0. The predicted octanol–water partition coefficient (Wildman–Crippen LogP) is 2.71. The van der Waals surface area contributed by atoms with E-state index in [2.05, 4.69) is 6.92 Å². The molecule has 0 aromatic rings. The Labute approximate surface area is 63.1 Å². The summed E-state index contributed by atoms with van der Waals surface area (Å²) in [5.41, 5.74) is 0. The first kappa shape index (κ1) is 9.41. The molecule has 58 valence electrons. The van der Waals surface area contributed by atoms with E-state index in [1.165, 1.54) is 12.8 Å². The van der Waals surface area contributed by atoms with Gasteiger partial charge in [0.05, 0.1) is 0 Å². The quantitative estimate of drug-likeness (QED) is 0.424. The van der Waals surface area contributed by atoms with Gasteiger partial charge in [-0.25, -0.2) is 0 Å². The zero-order valence-electron chi connectivity index (χ0n) is 6.89. The second-order valence-corrected chi connectivity index (χ2v) is 2.36. The van der Waals surface area contributed by atoms with E-state index in [1.807, 2.05) is 13.0 Å². The Kier molecular flexibility index (Phi) is 6.14. The largest absolute Gasteiger partial charge is 0.295 e. The minimum absolute atomic E-state index is 0.233. The summed E-state index contributed by atoms with van der Waals surface area (Å²) in [6.07, 6.45) is 7.72. The first-order chi connectivity index (χ1) is 4.81. The van der Waals surface area contributed by atoms with Crippen LogP contribution in [-0.2, 0) is 4.79 Å². The molecule has 10 heavy (non-hydrogen) atoms. The molecule has 0 aliphatic carbocycles. The second kappa shape index (κ2) is 6.53. The average Bonchev–Trinajstić information content (AvgIpc) is 1.98. The minimum Gasteiger partial charge on any atom is -0.295 e. The lowest BCUT2D eigenvalue weighted by atomic mass is 10.2. The van der Waals surface area contributed by atoms with Crippen LogP contribution < -0.4 is 0 Å². The molecule has 0 bridgehead atoms. The van der Waals surface area contributed by atoms with E-state index in [-0.39, 0.29) is 5.78 Å². The number of hydrogen-bond acceptors (Lipinski definition) is 1. The van der Waals surface area contributed by atoms with Gasteiger partial charge in [-0.3, -0.25) is 4.79 Å². The van der Waals surface area contributed by atoms with Crippen LogP contribution >= 0.6 is 0 Å². The van der Waals surface area contributed by atoms with E-state index in [0.29, 0.717) is 6.42 Å². The average molecular weight is 140 g/mol. The number of unbranched alkanes of at least 4 members (excludes halogenated alkanes) is 2. The summed E-state index contributed by atoms with van der Waals surface area (Å²) in [7, 11) is 0. The maximum Gasteiger partial charge on any atom is 0.155 e. The fourth-order valence-corrected chi connectivity index (χ4v) is 0.655. The third-order valence-corrected chi connectivity index (χ3v) is 1.38. The molecule has 0 aliphatic rings. The van der Waals surface area contributed by atoms with Gasteiger partial charge in [0.15, 0.2) is 5.78 Å². The molecule has 0 amide bonds. The molecule has 1 nitrogen and oxygen atoms in total. The Morgan fingerprint density at radius 3 is 2.60 bits per heavy atom. The predicted molar refractivity (Wildman–Crippen MR) is 44.0 cm³/mol. The smallest absolute Gasteiger partial charge is 0.155 e. The highest BCUT2D eigenvalue weighted by molar-refractivity contribution is 5.89. The van der Waals surface area contributed by atoms with Crippen LogP contribution in [0.4, 0.5) is 0 Å². The Bertz CT molecular complexity index is 114. The molecule has 0 heterocycles. The molecule has 1 heteroatoms. The van der Waals surface area contributed by atoms with Crippen LogP contribution in [0.3, 0.4) is 0 Å². The molecule has 0 saturated heterocycles. The second-order valence-electron chi connectivity index (χ2n) is 2.36. The summed E-state index contributed by atoms with van der Waals surface area (Å²) in [4.78, 5) is 10.7. The van der Waals surface area contributed by atoms with Gasteiger partial charge in [0.25, 0.3) is 0 Å². The van der Waals surface area contributed by atoms with Gasteiger partial charge in [-0.1, -0.05) is 32.8 Å². The highest BCUT2D eigenvalue weighted by Crippen LogP contribution is 1.95. The number of carbonyl (C=O) groups is 1. The summed E-state index contributed by atoms with van der Waals surface area (Å²) >= 11 is 0. The number of allylic oxidation sites excluding steroid dienone is 2. The highest BCUT2D eigenvalue weighted by Gasteiger charge is 1.87. The van der Waals surface area contributed by atoms with Crippen molar-refractivity contribution in [1.29, 1.82) is 0 Å². The van der Waals surface area contributed by atoms with Crippen molar-refractivity contribution < 1.29 is 4.79 Å². The van der Waals surface area contributed by atoms with E-state index < -0.39 is 0 Å². The number of rotatable bonds is 5. The molecule has 0 aromatic heterocycles. The van der Waals surface area contributed by atoms with Crippen LogP contribution in [0.2, 0.25) is 0 Å². The normalized spacial score (nSPS) is 10.6. The number of hydrogen-bond donors (Lipinski definition) is 0. The Balaban J connectivity index is 3.27.